The van der Waals surface area contributed by atoms with Crippen molar-refractivity contribution in [3.63, 3.8) is 0 Å². The van der Waals surface area contributed by atoms with Gasteiger partial charge in [0.05, 0.1) is 6.33 Å². The number of amides is 1. The smallest absolute Gasteiger partial charge is 0.253 e. The number of aliphatic hydroxyl groups excluding tert-OH is 1. The molecule has 0 radical (unpaired) electrons. The molecule has 0 spiro atoms. The van der Waals surface area contributed by atoms with Gasteiger partial charge in [-0.25, -0.2) is 15.0 Å². The number of aromatic nitrogens is 4. The Morgan fingerprint density at radius 2 is 2.00 bits per heavy atom. The largest absolute Gasteiger partial charge is 0.382 e. The van der Waals surface area contributed by atoms with Gasteiger partial charge in [-0.2, -0.15) is 0 Å². The molecule has 11 nitrogen and oxygen atoms in total. The van der Waals surface area contributed by atoms with Crippen LogP contribution in [0.3, 0.4) is 0 Å². The van der Waals surface area contributed by atoms with Gasteiger partial charge in [0.1, 0.15) is 30.2 Å². The van der Waals surface area contributed by atoms with Gasteiger partial charge in [0, 0.05) is 14.1 Å². The van der Waals surface area contributed by atoms with E-state index >= 15 is 0 Å². The molecule has 4 rings (SSSR count). The second-order valence-electron chi connectivity index (χ2n) is 7.32. The third kappa shape index (κ3) is 2.83. The summed E-state index contributed by atoms with van der Waals surface area (Å²) in [6, 6.07) is 0. The molecule has 2 aliphatic heterocycles. The summed E-state index contributed by atoms with van der Waals surface area (Å²) in [6.45, 7) is 3.54. The Labute approximate surface area is 155 Å². The molecule has 2 fully saturated rings. The molecule has 11 heteroatoms. The summed E-state index contributed by atoms with van der Waals surface area (Å²) < 4.78 is 19.6. The lowest BCUT2D eigenvalue weighted by atomic mass is 10.0. The zero-order chi connectivity index (χ0) is 19.5. The van der Waals surface area contributed by atoms with Gasteiger partial charge < -0.3 is 30.0 Å². The van der Waals surface area contributed by atoms with Crippen LogP contribution >= 0.6 is 0 Å². The lowest BCUT2D eigenvalue weighted by Gasteiger charge is -2.27. The van der Waals surface area contributed by atoms with E-state index in [0.717, 1.165) is 0 Å². The maximum Gasteiger partial charge on any atom is 0.253 e. The average molecular weight is 378 g/mol. The van der Waals surface area contributed by atoms with E-state index in [-0.39, 0.29) is 5.82 Å². The second-order valence-corrected chi connectivity index (χ2v) is 7.32. The average Bonchev–Trinajstić information content (AvgIpc) is 3.24. The van der Waals surface area contributed by atoms with Gasteiger partial charge in [-0.05, 0) is 13.8 Å². The molecule has 2 saturated heterocycles. The highest BCUT2D eigenvalue weighted by molar-refractivity contribution is 5.81. The molecule has 5 atom stereocenters. The molecule has 0 aromatic carbocycles. The van der Waals surface area contributed by atoms with E-state index in [1.54, 1.807) is 32.5 Å². The van der Waals surface area contributed by atoms with Gasteiger partial charge in [0.25, 0.3) is 5.91 Å². The van der Waals surface area contributed by atoms with Crippen LogP contribution in [0.1, 0.15) is 20.1 Å². The van der Waals surface area contributed by atoms with E-state index in [1.165, 1.54) is 17.6 Å². The number of anilines is 1. The Kier molecular flexibility index (Phi) is 4.07. The molecule has 0 bridgehead atoms. The number of fused-ring (bicyclic) bond motifs is 2. The minimum atomic E-state index is -1.40. The van der Waals surface area contributed by atoms with Gasteiger partial charge in [-0.3, -0.25) is 9.36 Å². The Bertz CT molecular complexity index is 883. The normalized spacial score (nSPS) is 30.4. The van der Waals surface area contributed by atoms with E-state index in [0.29, 0.717) is 11.2 Å². The molecule has 2 aromatic heterocycles. The van der Waals surface area contributed by atoms with Gasteiger partial charge in [0.2, 0.25) is 0 Å². The number of aliphatic hydroxyl groups is 1. The summed E-state index contributed by atoms with van der Waals surface area (Å²) >= 11 is 0. The first-order valence-electron chi connectivity index (χ1n) is 8.53. The van der Waals surface area contributed by atoms with E-state index in [9.17, 15) is 9.90 Å². The van der Waals surface area contributed by atoms with Crippen molar-refractivity contribution in [2.45, 2.75) is 50.3 Å². The molecule has 3 N–H and O–H groups in total. The monoisotopic (exact) mass is 378 g/mol. The lowest BCUT2D eigenvalue weighted by Crippen LogP contribution is -2.47. The van der Waals surface area contributed by atoms with Crippen molar-refractivity contribution in [3.8, 4) is 0 Å². The van der Waals surface area contributed by atoms with E-state index in [4.69, 9.17) is 19.9 Å². The number of carbonyl (C=O) groups is 1. The van der Waals surface area contributed by atoms with Crippen LogP contribution < -0.4 is 5.73 Å². The number of rotatable bonds is 3. The number of carbonyl (C=O) groups excluding carboxylic acids is 1. The van der Waals surface area contributed by atoms with Crippen LogP contribution in [0.4, 0.5) is 5.82 Å². The highest BCUT2D eigenvalue weighted by Crippen LogP contribution is 2.44. The second kappa shape index (κ2) is 6.09. The van der Waals surface area contributed by atoms with E-state index in [2.05, 4.69) is 15.0 Å². The van der Waals surface area contributed by atoms with Crippen molar-refractivity contribution in [1.29, 1.82) is 0 Å². The summed E-state index contributed by atoms with van der Waals surface area (Å²) in [5, 5.41) is 10.6. The topological polar surface area (TPSA) is 138 Å². The van der Waals surface area contributed by atoms with Crippen LogP contribution in [0.2, 0.25) is 0 Å². The molecule has 27 heavy (non-hydrogen) atoms. The van der Waals surface area contributed by atoms with Crippen LogP contribution in [-0.2, 0) is 19.0 Å². The van der Waals surface area contributed by atoms with Crippen molar-refractivity contribution < 1.29 is 24.1 Å². The lowest BCUT2D eigenvalue weighted by molar-refractivity contribution is -0.208. The zero-order valence-corrected chi connectivity index (χ0v) is 15.4. The maximum atomic E-state index is 12.3. The fourth-order valence-corrected chi connectivity index (χ4v) is 3.55. The Balaban J connectivity index is 1.73. The van der Waals surface area contributed by atoms with E-state index < -0.39 is 42.3 Å². The molecule has 2 aromatic rings. The Morgan fingerprint density at radius 3 is 2.70 bits per heavy atom. The standard InChI is InChI=1S/C16H22N6O5/c1-16(2)26-10-9(8(23)14(24)21(3)4)25-15(11(10)27-16)22-6-20-7-12(17)18-5-19-13(7)22/h5-6,8-11,15,23H,1-4H3,(H2,17,18,19)/t8?,9-,10-,11-,15-/m1/s1. The number of hydrogen-bond acceptors (Lipinski definition) is 9. The number of hydrogen-bond donors (Lipinski definition) is 2. The van der Waals surface area contributed by atoms with Gasteiger partial charge in [0.15, 0.2) is 29.6 Å². The number of ether oxygens (including phenoxy) is 3. The van der Waals surface area contributed by atoms with Crippen molar-refractivity contribution in [2.24, 2.45) is 0 Å². The Hall–Kier alpha value is -2.34. The number of nitrogen functional groups attached to an aromatic ring is 1. The van der Waals surface area contributed by atoms with Crippen molar-refractivity contribution in [2.75, 3.05) is 19.8 Å². The summed E-state index contributed by atoms with van der Waals surface area (Å²) in [5.41, 5.74) is 6.75. The van der Waals surface area contributed by atoms with Crippen LogP contribution in [0.25, 0.3) is 11.2 Å². The fraction of sp³-hybridized carbons (Fsp3) is 0.625. The molecule has 1 amide bonds. The minimum absolute atomic E-state index is 0.247. The number of nitrogens with two attached hydrogens (primary N) is 1. The van der Waals surface area contributed by atoms with Crippen LogP contribution in [0, 0.1) is 0 Å². The van der Waals surface area contributed by atoms with Crippen LogP contribution in [0.5, 0.6) is 0 Å². The van der Waals surface area contributed by atoms with Gasteiger partial charge >= 0.3 is 0 Å². The summed E-state index contributed by atoms with van der Waals surface area (Å²) in [7, 11) is 3.13. The molecular weight excluding hydrogens is 356 g/mol. The van der Waals surface area contributed by atoms with Crippen LogP contribution in [0.15, 0.2) is 12.7 Å². The number of likely N-dealkylation sites (N-methyl/N-ethyl adjacent to an activating group) is 1. The highest BCUT2D eigenvalue weighted by atomic mass is 16.8. The molecule has 0 saturated carbocycles. The molecule has 4 heterocycles. The number of imidazole rings is 1. The third-order valence-corrected chi connectivity index (χ3v) is 4.73. The third-order valence-electron chi connectivity index (χ3n) is 4.73. The first kappa shape index (κ1) is 18.0. The molecule has 146 valence electrons. The highest BCUT2D eigenvalue weighted by Gasteiger charge is 2.59. The first-order chi connectivity index (χ1) is 12.7. The Morgan fingerprint density at radius 1 is 1.30 bits per heavy atom. The molecule has 2 aliphatic rings. The van der Waals surface area contributed by atoms with Gasteiger partial charge in [-0.15, -0.1) is 0 Å². The summed E-state index contributed by atoms with van der Waals surface area (Å²) in [5.74, 6) is -1.12. The number of nitrogens with zero attached hydrogens (tertiary/aromatic N) is 5. The van der Waals surface area contributed by atoms with Crippen molar-refractivity contribution in [1.82, 2.24) is 24.4 Å². The predicted molar refractivity (Wildman–Crippen MR) is 92.2 cm³/mol. The quantitative estimate of drug-likeness (QED) is 0.708. The molecule has 0 aliphatic carbocycles. The molecular formula is C16H22N6O5. The first-order valence-corrected chi connectivity index (χ1v) is 8.53. The van der Waals surface area contributed by atoms with E-state index in [1.807, 2.05) is 0 Å². The summed E-state index contributed by atoms with van der Waals surface area (Å²) in [4.78, 5) is 26.0. The van der Waals surface area contributed by atoms with Crippen molar-refractivity contribution in [3.05, 3.63) is 12.7 Å². The maximum absolute atomic E-state index is 12.3. The SMILES string of the molecule is CN(C)C(=O)C(O)[C@H]1O[C@@H](n2cnc3c(N)ncnc32)[C@@H]2OC(C)(C)O[C@@H]21. The fourth-order valence-electron chi connectivity index (χ4n) is 3.55. The predicted octanol–water partition coefficient (Wildman–Crippen LogP) is -0.725. The van der Waals surface area contributed by atoms with Crippen LogP contribution in [-0.4, -0.2) is 79.7 Å². The van der Waals surface area contributed by atoms with Crippen molar-refractivity contribution >= 4 is 22.9 Å². The minimum Gasteiger partial charge on any atom is -0.382 e. The van der Waals surface area contributed by atoms with Gasteiger partial charge in [-0.1, -0.05) is 0 Å². The molecule has 1 unspecified atom stereocenters. The summed E-state index contributed by atoms with van der Waals surface area (Å²) in [6.07, 6.45) is -1.36. The zero-order valence-electron chi connectivity index (χ0n) is 15.4.